The number of H-pyrrole nitrogens is 1. The molecule has 2 rings (SSSR count). The van der Waals surface area contributed by atoms with Gasteiger partial charge in [0.2, 0.25) is 0 Å². The molecular formula is C15H24N2O2. The molecule has 106 valence electrons. The number of carbonyl (C=O) groups is 1. The van der Waals surface area contributed by atoms with E-state index in [0.717, 1.165) is 42.9 Å². The highest BCUT2D eigenvalue weighted by Gasteiger charge is 2.24. The minimum atomic E-state index is -0.229. The zero-order valence-electron chi connectivity index (χ0n) is 12.1. The Hall–Kier alpha value is -1.13. The lowest BCUT2D eigenvalue weighted by Crippen LogP contribution is -2.39. The fourth-order valence-electron chi connectivity index (χ4n) is 2.90. The Morgan fingerprint density at radius 1 is 1.47 bits per heavy atom. The monoisotopic (exact) mass is 264 g/mol. The minimum Gasteiger partial charge on any atom is -0.393 e. The summed E-state index contributed by atoms with van der Waals surface area (Å²) in [7, 11) is 0. The highest BCUT2D eigenvalue weighted by atomic mass is 16.3. The molecule has 4 heteroatoms. The van der Waals surface area contributed by atoms with Gasteiger partial charge in [0.1, 0.15) is 0 Å². The molecule has 1 unspecified atom stereocenters. The van der Waals surface area contributed by atoms with Gasteiger partial charge in [-0.15, -0.1) is 0 Å². The fourth-order valence-corrected chi connectivity index (χ4v) is 2.90. The van der Waals surface area contributed by atoms with Crippen LogP contribution in [0.3, 0.4) is 0 Å². The molecule has 0 aliphatic carbocycles. The van der Waals surface area contributed by atoms with E-state index in [4.69, 9.17) is 0 Å². The second kappa shape index (κ2) is 5.88. The quantitative estimate of drug-likeness (QED) is 0.817. The first-order chi connectivity index (χ1) is 8.97. The molecule has 1 atom stereocenters. The van der Waals surface area contributed by atoms with Gasteiger partial charge in [-0.05, 0) is 58.7 Å². The van der Waals surface area contributed by atoms with Crippen molar-refractivity contribution in [2.75, 3.05) is 19.6 Å². The standard InChI is InChI=1S/C15H24N2O2/c1-10-8-14(11(2)16-10)15(19)9-17-6-4-13(5-7-17)12(3)18/h8,12-13,16,18H,4-7,9H2,1-3H3. The number of piperidine rings is 1. The number of aromatic nitrogens is 1. The molecule has 0 radical (unpaired) electrons. The lowest BCUT2D eigenvalue weighted by Gasteiger charge is -2.32. The van der Waals surface area contributed by atoms with Crippen LogP contribution in [0.1, 0.15) is 41.5 Å². The van der Waals surface area contributed by atoms with Crippen molar-refractivity contribution in [2.45, 2.75) is 39.7 Å². The van der Waals surface area contributed by atoms with Crippen LogP contribution in [-0.4, -0.2) is 46.5 Å². The second-order valence-corrected chi connectivity index (χ2v) is 5.77. The smallest absolute Gasteiger partial charge is 0.178 e. The second-order valence-electron chi connectivity index (χ2n) is 5.77. The molecule has 0 bridgehead atoms. The molecule has 2 heterocycles. The molecule has 1 aromatic heterocycles. The number of ketones is 1. The van der Waals surface area contributed by atoms with Crippen LogP contribution in [0, 0.1) is 19.8 Å². The number of Topliss-reactive ketones (excluding diaryl/α,β-unsaturated/α-hetero) is 1. The summed E-state index contributed by atoms with van der Waals surface area (Å²) in [6.07, 6.45) is 1.74. The average Bonchev–Trinajstić information content (AvgIpc) is 2.69. The number of hydrogen-bond acceptors (Lipinski definition) is 3. The van der Waals surface area contributed by atoms with Gasteiger partial charge in [-0.1, -0.05) is 0 Å². The number of nitrogens with one attached hydrogen (secondary N) is 1. The number of aliphatic hydroxyl groups is 1. The molecule has 0 aromatic carbocycles. The third kappa shape index (κ3) is 3.45. The number of likely N-dealkylation sites (tertiary alicyclic amines) is 1. The number of hydrogen-bond donors (Lipinski definition) is 2. The van der Waals surface area contributed by atoms with E-state index in [-0.39, 0.29) is 11.9 Å². The molecule has 19 heavy (non-hydrogen) atoms. The van der Waals surface area contributed by atoms with Crippen molar-refractivity contribution in [1.29, 1.82) is 0 Å². The average molecular weight is 264 g/mol. The minimum absolute atomic E-state index is 0.192. The number of aliphatic hydroxyl groups excluding tert-OH is 1. The van der Waals surface area contributed by atoms with Gasteiger partial charge in [-0.2, -0.15) is 0 Å². The molecule has 1 aliphatic heterocycles. The van der Waals surface area contributed by atoms with Gasteiger partial charge in [-0.25, -0.2) is 0 Å². The molecule has 0 saturated carbocycles. The van der Waals surface area contributed by atoms with Gasteiger partial charge >= 0.3 is 0 Å². The maximum absolute atomic E-state index is 12.3. The van der Waals surface area contributed by atoms with Crippen molar-refractivity contribution in [3.05, 3.63) is 23.0 Å². The van der Waals surface area contributed by atoms with Crippen LogP contribution in [0.4, 0.5) is 0 Å². The molecule has 1 saturated heterocycles. The molecule has 0 amide bonds. The van der Waals surface area contributed by atoms with Crippen molar-refractivity contribution < 1.29 is 9.90 Å². The van der Waals surface area contributed by atoms with Crippen LogP contribution in [0.2, 0.25) is 0 Å². The van der Waals surface area contributed by atoms with E-state index in [0.29, 0.717) is 12.5 Å². The Bertz CT molecular complexity index is 443. The number of rotatable bonds is 4. The van der Waals surface area contributed by atoms with Crippen LogP contribution < -0.4 is 0 Å². The van der Waals surface area contributed by atoms with E-state index in [2.05, 4.69) is 9.88 Å². The van der Waals surface area contributed by atoms with Crippen molar-refractivity contribution in [3.63, 3.8) is 0 Å². The molecule has 2 N–H and O–H groups in total. The van der Waals surface area contributed by atoms with Crippen LogP contribution in [-0.2, 0) is 0 Å². The zero-order valence-corrected chi connectivity index (χ0v) is 12.1. The fraction of sp³-hybridized carbons (Fsp3) is 0.667. The van der Waals surface area contributed by atoms with Crippen LogP contribution in [0.15, 0.2) is 6.07 Å². The zero-order chi connectivity index (χ0) is 14.0. The molecule has 1 fully saturated rings. The van der Waals surface area contributed by atoms with E-state index >= 15 is 0 Å². The maximum Gasteiger partial charge on any atom is 0.178 e. The Labute approximate surface area is 114 Å². The molecule has 1 aromatic rings. The number of carbonyl (C=O) groups excluding carboxylic acids is 1. The number of aromatic amines is 1. The first-order valence-electron chi connectivity index (χ1n) is 7.07. The van der Waals surface area contributed by atoms with Gasteiger partial charge < -0.3 is 10.1 Å². The first-order valence-corrected chi connectivity index (χ1v) is 7.07. The summed E-state index contributed by atoms with van der Waals surface area (Å²) in [6.45, 7) is 8.08. The van der Waals surface area contributed by atoms with Crippen molar-refractivity contribution in [2.24, 2.45) is 5.92 Å². The first kappa shape index (κ1) is 14.3. The van der Waals surface area contributed by atoms with Crippen molar-refractivity contribution in [1.82, 2.24) is 9.88 Å². The summed E-state index contributed by atoms with van der Waals surface area (Å²) in [5.74, 6) is 0.583. The predicted molar refractivity (Wildman–Crippen MR) is 75.4 cm³/mol. The van der Waals surface area contributed by atoms with E-state index in [9.17, 15) is 9.90 Å². The summed E-state index contributed by atoms with van der Waals surface area (Å²) in [5.41, 5.74) is 2.81. The normalized spacial score (nSPS) is 19.6. The van der Waals surface area contributed by atoms with E-state index in [1.54, 1.807) is 0 Å². The maximum atomic E-state index is 12.3. The Kier molecular flexibility index (Phi) is 4.42. The van der Waals surface area contributed by atoms with Crippen molar-refractivity contribution >= 4 is 5.78 Å². The largest absolute Gasteiger partial charge is 0.393 e. The summed E-state index contributed by atoms with van der Waals surface area (Å²) in [5, 5.41) is 9.57. The number of nitrogens with zero attached hydrogens (tertiary/aromatic N) is 1. The van der Waals surface area contributed by atoms with E-state index < -0.39 is 0 Å². The van der Waals surface area contributed by atoms with Gasteiger partial charge in [0.15, 0.2) is 5.78 Å². The summed E-state index contributed by atoms with van der Waals surface area (Å²) in [6, 6.07) is 1.93. The highest BCUT2D eigenvalue weighted by Crippen LogP contribution is 2.21. The van der Waals surface area contributed by atoms with Crippen LogP contribution in [0.5, 0.6) is 0 Å². The van der Waals surface area contributed by atoms with Crippen molar-refractivity contribution in [3.8, 4) is 0 Å². The third-order valence-corrected chi connectivity index (χ3v) is 4.13. The van der Waals surface area contributed by atoms with E-state index in [1.165, 1.54) is 0 Å². The SMILES string of the molecule is Cc1cc(C(=O)CN2CCC(C(C)O)CC2)c(C)[nH]1. The Balaban J connectivity index is 1.89. The molecule has 4 nitrogen and oxygen atoms in total. The van der Waals surface area contributed by atoms with Crippen LogP contribution in [0.25, 0.3) is 0 Å². The van der Waals surface area contributed by atoms with Gasteiger partial charge in [-0.3, -0.25) is 9.69 Å². The van der Waals surface area contributed by atoms with Gasteiger partial charge in [0, 0.05) is 17.0 Å². The lowest BCUT2D eigenvalue weighted by molar-refractivity contribution is 0.0664. The summed E-state index contributed by atoms with van der Waals surface area (Å²) < 4.78 is 0. The highest BCUT2D eigenvalue weighted by molar-refractivity contribution is 5.98. The molecule has 1 aliphatic rings. The lowest BCUT2D eigenvalue weighted by atomic mass is 9.92. The molecule has 0 spiro atoms. The topological polar surface area (TPSA) is 56.3 Å². The third-order valence-electron chi connectivity index (χ3n) is 4.13. The Morgan fingerprint density at radius 2 is 2.11 bits per heavy atom. The predicted octanol–water partition coefficient (Wildman–Crippen LogP) is 1.91. The van der Waals surface area contributed by atoms with E-state index in [1.807, 2.05) is 26.8 Å². The van der Waals surface area contributed by atoms with Crippen LogP contribution >= 0.6 is 0 Å². The summed E-state index contributed by atoms with van der Waals surface area (Å²) in [4.78, 5) is 17.6. The molecular weight excluding hydrogens is 240 g/mol. The van der Waals surface area contributed by atoms with Gasteiger partial charge in [0.25, 0.3) is 0 Å². The summed E-state index contributed by atoms with van der Waals surface area (Å²) >= 11 is 0. The van der Waals surface area contributed by atoms with Gasteiger partial charge in [0.05, 0.1) is 12.6 Å². The number of aryl methyl sites for hydroxylation is 2. The Morgan fingerprint density at radius 3 is 2.58 bits per heavy atom.